The zero-order chi connectivity index (χ0) is 9.40. The van der Waals surface area contributed by atoms with Crippen molar-refractivity contribution in [2.24, 2.45) is 0 Å². The van der Waals surface area contributed by atoms with Gasteiger partial charge in [-0.3, -0.25) is 0 Å². The molecule has 0 aromatic carbocycles. The highest BCUT2D eigenvalue weighted by Crippen LogP contribution is 2.16. The van der Waals surface area contributed by atoms with Crippen LogP contribution in [0.25, 0.3) is 0 Å². The average Bonchev–Trinajstić information content (AvgIpc) is 2.07. The predicted molar refractivity (Wildman–Crippen MR) is 62.3 cm³/mol. The first-order chi connectivity index (χ1) is 5.76. The molecule has 0 bridgehead atoms. The van der Waals surface area contributed by atoms with Crippen LogP contribution in [0.1, 0.15) is 33.1 Å². The Hall–Kier alpha value is 0.797. The summed E-state index contributed by atoms with van der Waals surface area (Å²) in [5.74, 6) is 0.786. The van der Waals surface area contributed by atoms with Crippen molar-refractivity contribution in [1.29, 1.82) is 0 Å². The quantitative estimate of drug-likeness (QED) is 0.352. The monoisotopic (exact) mass is 226 g/mol. The van der Waals surface area contributed by atoms with E-state index in [2.05, 4.69) is 13.8 Å². The van der Waals surface area contributed by atoms with E-state index in [1.54, 1.807) is 0 Å². The summed E-state index contributed by atoms with van der Waals surface area (Å²) in [5.41, 5.74) is 0. The van der Waals surface area contributed by atoms with Gasteiger partial charge in [-0.25, -0.2) is 0 Å². The molecule has 0 aliphatic rings. The first-order valence-corrected chi connectivity index (χ1v) is 8.23. The van der Waals surface area contributed by atoms with Crippen LogP contribution >= 0.6 is 23.2 Å². The molecular formula is C9H20Cl2Si. The first kappa shape index (κ1) is 12.8. The van der Waals surface area contributed by atoms with Crippen LogP contribution in [0.4, 0.5) is 0 Å². The van der Waals surface area contributed by atoms with Crippen LogP contribution in [0.3, 0.4) is 0 Å². The number of rotatable bonds is 7. The van der Waals surface area contributed by atoms with Crippen LogP contribution in [0.15, 0.2) is 0 Å². The molecule has 0 fully saturated rings. The van der Waals surface area contributed by atoms with Gasteiger partial charge in [0.15, 0.2) is 0 Å². The number of hydrogen-bond acceptors (Lipinski definition) is 0. The fourth-order valence-electron chi connectivity index (χ4n) is 1.47. The Morgan fingerprint density at radius 2 is 1.75 bits per heavy atom. The zero-order valence-electron chi connectivity index (χ0n) is 8.15. The lowest BCUT2D eigenvalue weighted by Crippen LogP contribution is -2.24. The molecule has 1 atom stereocenters. The third-order valence-electron chi connectivity index (χ3n) is 2.42. The summed E-state index contributed by atoms with van der Waals surface area (Å²) in [4.78, 5) is 0. The van der Waals surface area contributed by atoms with E-state index in [0.717, 1.165) is 12.3 Å². The summed E-state index contributed by atoms with van der Waals surface area (Å²) in [7, 11) is -0.607. The molecule has 0 nitrogen and oxygen atoms in total. The van der Waals surface area contributed by atoms with Crippen molar-refractivity contribution in [2.75, 3.05) is 5.88 Å². The number of unbranched alkanes of at least 4 members (excludes halogenated alkanes) is 1. The fraction of sp³-hybridized carbons (Fsp3) is 1.00. The van der Waals surface area contributed by atoms with E-state index >= 15 is 0 Å². The SMILES string of the molecule is CC[SiH](CC)C(Cl)CCCCCl. The van der Waals surface area contributed by atoms with Crippen molar-refractivity contribution in [3.8, 4) is 0 Å². The zero-order valence-corrected chi connectivity index (χ0v) is 10.8. The van der Waals surface area contributed by atoms with Crippen LogP contribution in [0, 0.1) is 0 Å². The molecule has 0 aliphatic heterocycles. The summed E-state index contributed by atoms with van der Waals surface area (Å²) in [6.45, 7) is 4.55. The molecule has 0 N–H and O–H groups in total. The maximum absolute atomic E-state index is 6.30. The number of hydrogen-bond donors (Lipinski definition) is 0. The molecule has 12 heavy (non-hydrogen) atoms. The van der Waals surface area contributed by atoms with Crippen LogP contribution in [0.2, 0.25) is 12.1 Å². The van der Waals surface area contributed by atoms with Crippen molar-refractivity contribution >= 4 is 32.0 Å². The maximum atomic E-state index is 6.30. The molecule has 0 radical (unpaired) electrons. The lowest BCUT2D eigenvalue weighted by molar-refractivity contribution is 0.751. The van der Waals surface area contributed by atoms with Crippen molar-refractivity contribution in [1.82, 2.24) is 0 Å². The Morgan fingerprint density at radius 3 is 2.17 bits per heavy atom. The summed E-state index contributed by atoms with van der Waals surface area (Å²) in [5, 5.41) is 0.503. The second-order valence-electron chi connectivity index (χ2n) is 3.28. The molecule has 74 valence electrons. The van der Waals surface area contributed by atoms with Crippen molar-refractivity contribution in [3.63, 3.8) is 0 Å². The van der Waals surface area contributed by atoms with Gasteiger partial charge in [0.05, 0.1) is 8.80 Å². The van der Waals surface area contributed by atoms with Crippen LogP contribution in [0.5, 0.6) is 0 Å². The van der Waals surface area contributed by atoms with Gasteiger partial charge in [-0.05, 0) is 12.8 Å². The highest BCUT2D eigenvalue weighted by atomic mass is 35.5. The van der Waals surface area contributed by atoms with E-state index in [9.17, 15) is 0 Å². The molecule has 0 saturated carbocycles. The van der Waals surface area contributed by atoms with Crippen molar-refractivity contribution in [2.45, 2.75) is 50.2 Å². The van der Waals surface area contributed by atoms with Crippen molar-refractivity contribution < 1.29 is 0 Å². The highest BCUT2D eigenvalue weighted by Gasteiger charge is 2.16. The van der Waals surface area contributed by atoms with Gasteiger partial charge < -0.3 is 0 Å². The van der Waals surface area contributed by atoms with E-state index < -0.39 is 8.80 Å². The lowest BCUT2D eigenvalue weighted by Gasteiger charge is -2.16. The average molecular weight is 227 g/mol. The Labute approximate surface area is 88.2 Å². The molecule has 3 heteroatoms. The van der Waals surface area contributed by atoms with Gasteiger partial charge in [0.2, 0.25) is 0 Å². The summed E-state index contributed by atoms with van der Waals surface area (Å²) >= 11 is 11.9. The minimum Gasteiger partial charge on any atom is -0.127 e. The van der Waals surface area contributed by atoms with E-state index in [1.165, 1.54) is 24.9 Å². The van der Waals surface area contributed by atoms with Crippen LogP contribution < -0.4 is 0 Å². The molecule has 0 rings (SSSR count). The van der Waals surface area contributed by atoms with Gasteiger partial charge in [0, 0.05) is 10.9 Å². The molecular weight excluding hydrogens is 207 g/mol. The van der Waals surface area contributed by atoms with Gasteiger partial charge in [0.1, 0.15) is 0 Å². The van der Waals surface area contributed by atoms with E-state index in [0.29, 0.717) is 5.00 Å². The molecule has 0 aromatic rings. The minimum atomic E-state index is -0.607. The molecule has 1 unspecified atom stereocenters. The van der Waals surface area contributed by atoms with Gasteiger partial charge in [-0.1, -0.05) is 32.4 Å². The third-order valence-corrected chi connectivity index (χ3v) is 7.43. The summed E-state index contributed by atoms with van der Waals surface area (Å²) < 4.78 is 0. The highest BCUT2D eigenvalue weighted by molar-refractivity contribution is 6.69. The molecule has 0 spiro atoms. The Bertz CT molecular complexity index is 94.5. The Kier molecular flexibility index (Phi) is 8.96. The fourth-order valence-corrected chi connectivity index (χ4v) is 5.19. The third kappa shape index (κ3) is 5.44. The second-order valence-corrected chi connectivity index (χ2v) is 8.60. The van der Waals surface area contributed by atoms with E-state index in [1.807, 2.05) is 0 Å². The van der Waals surface area contributed by atoms with Gasteiger partial charge >= 0.3 is 0 Å². The molecule has 0 aromatic heterocycles. The smallest absolute Gasteiger partial charge is 0.0574 e. The molecule has 0 heterocycles. The first-order valence-electron chi connectivity index (χ1n) is 4.96. The normalized spacial score (nSPS) is 13.8. The minimum absolute atomic E-state index is 0.503. The van der Waals surface area contributed by atoms with Gasteiger partial charge in [-0.15, -0.1) is 23.2 Å². The summed E-state index contributed by atoms with van der Waals surface area (Å²) in [6.07, 6.45) is 3.52. The standard InChI is InChI=1S/C9H20Cl2Si/c1-3-12(4-2)9(11)7-5-6-8-10/h9,12H,3-8H2,1-2H3. The molecule has 0 amide bonds. The Morgan fingerprint density at radius 1 is 1.17 bits per heavy atom. The van der Waals surface area contributed by atoms with Crippen LogP contribution in [-0.4, -0.2) is 19.7 Å². The number of alkyl halides is 2. The summed E-state index contributed by atoms with van der Waals surface area (Å²) in [6, 6.07) is 2.68. The Balaban J connectivity index is 3.47. The predicted octanol–water partition coefficient (Wildman–Crippen LogP) is 3.81. The molecule has 0 aliphatic carbocycles. The van der Waals surface area contributed by atoms with Crippen LogP contribution in [-0.2, 0) is 0 Å². The van der Waals surface area contributed by atoms with Crippen molar-refractivity contribution in [3.05, 3.63) is 0 Å². The largest absolute Gasteiger partial charge is 0.127 e. The van der Waals surface area contributed by atoms with Gasteiger partial charge in [-0.2, -0.15) is 0 Å². The lowest BCUT2D eigenvalue weighted by atomic mass is 10.3. The molecule has 0 saturated heterocycles. The second kappa shape index (κ2) is 8.40. The maximum Gasteiger partial charge on any atom is 0.0574 e. The van der Waals surface area contributed by atoms with E-state index in [4.69, 9.17) is 23.2 Å². The van der Waals surface area contributed by atoms with Gasteiger partial charge in [0.25, 0.3) is 0 Å². The van der Waals surface area contributed by atoms with E-state index in [-0.39, 0.29) is 0 Å². The number of halogens is 2. The topological polar surface area (TPSA) is 0 Å².